The molecule has 3 heteroatoms. The summed E-state index contributed by atoms with van der Waals surface area (Å²) in [5.74, 6) is 0.725. The van der Waals surface area contributed by atoms with Crippen LogP contribution in [0, 0.1) is 12.8 Å². The van der Waals surface area contributed by atoms with Gasteiger partial charge in [0.15, 0.2) is 0 Å². The summed E-state index contributed by atoms with van der Waals surface area (Å²) in [5.41, 5.74) is 2.43. The molecule has 1 aromatic rings. The van der Waals surface area contributed by atoms with Gasteiger partial charge in [-0.25, -0.2) is 0 Å². The Bertz CT molecular complexity index is 431. The van der Waals surface area contributed by atoms with Crippen molar-refractivity contribution in [1.82, 2.24) is 5.32 Å². The van der Waals surface area contributed by atoms with Crippen molar-refractivity contribution < 1.29 is 4.74 Å². The fraction of sp³-hybridized carbons (Fsp3) is 0.647. The highest BCUT2D eigenvalue weighted by Crippen LogP contribution is 2.37. The van der Waals surface area contributed by atoms with Gasteiger partial charge in [-0.15, -0.1) is 0 Å². The van der Waals surface area contributed by atoms with Crippen LogP contribution in [0.4, 0.5) is 0 Å². The van der Waals surface area contributed by atoms with Gasteiger partial charge >= 0.3 is 0 Å². The smallest absolute Gasteiger partial charge is 0.0759 e. The summed E-state index contributed by atoms with van der Waals surface area (Å²) in [4.78, 5) is 0. The molecule has 1 aliphatic rings. The molecule has 112 valence electrons. The van der Waals surface area contributed by atoms with E-state index in [4.69, 9.17) is 16.3 Å². The molecule has 0 bridgehead atoms. The topological polar surface area (TPSA) is 21.3 Å². The molecule has 2 unspecified atom stereocenters. The Morgan fingerprint density at radius 3 is 2.65 bits per heavy atom. The molecule has 0 amide bonds. The summed E-state index contributed by atoms with van der Waals surface area (Å²) >= 11 is 6.38. The molecule has 0 radical (unpaired) electrons. The zero-order chi connectivity index (χ0) is 14.5. The number of halogens is 1. The third-order valence-electron chi connectivity index (χ3n) is 3.96. The number of hydrogen-bond acceptors (Lipinski definition) is 2. The molecule has 0 heterocycles. The number of rotatable bonds is 8. The summed E-state index contributed by atoms with van der Waals surface area (Å²) in [6, 6.07) is 6.69. The highest BCUT2D eigenvalue weighted by Gasteiger charge is 2.37. The van der Waals surface area contributed by atoms with Crippen molar-refractivity contribution in [3.63, 3.8) is 0 Å². The molecule has 0 aromatic heterocycles. The van der Waals surface area contributed by atoms with Crippen LogP contribution in [0.2, 0.25) is 5.02 Å². The number of likely N-dealkylation sites (N-methyl/N-ethyl adjacent to an activating group) is 1. The van der Waals surface area contributed by atoms with E-state index in [9.17, 15) is 0 Å². The van der Waals surface area contributed by atoms with Crippen LogP contribution in [0.1, 0.15) is 37.8 Å². The maximum absolute atomic E-state index is 6.38. The second kappa shape index (κ2) is 7.44. The highest BCUT2D eigenvalue weighted by molar-refractivity contribution is 6.31. The number of hydrogen-bond donors (Lipinski definition) is 1. The Hall–Kier alpha value is -0.570. The fourth-order valence-electron chi connectivity index (χ4n) is 2.82. The molecular formula is C17H26ClNO. The van der Waals surface area contributed by atoms with E-state index in [0.29, 0.717) is 12.1 Å². The molecule has 1 saturated carbocycles. The second-order valence-electron chi connectivity index (χ2n) is 5.72. The first-order valence-electron chi connectivity index (χ1n) is 7.75. The van der Waals surface area contributed by atoms with Crippen molar-refractivity contribution in [2.24, 2.45) is 5.92 Å². The lowest BCUT2D eigenvalue weighted by Gasteiger charge is -2.28. The molecule has 2 nitrogen and oxygen atoms in total. The van der Waals surface area contributed by atoms with Crippen molar-refractivity contribution in [3.05, 3.63) is 34.3 Å². The van der Waals surface area contributed by atoms with Gasteiger partial charge in [-0.1, -0.05) is 30.7 Å². The van der Waals surface area contributed by atoms with Crippen molar-refractivity contribution in [3.8, 4) is 0 Å². The molecule has 1 aromatic carbocycles. The van der Waals surface area contributed by atoms with E-state index in [1.165, 1.54) is 24.0 Å². The Morgan fingerprint density at radius 2 is 2.10 bits per heavy atom. The first-order valence-corrected chi connectivity index (χ1v) is 8.13. The van der Waals surface area contributed by atoms with Gasteiger partial charge in [0.1, 0.15) is 0 Å². The molecule has 1 aliphatic carbocycles. The predicted molar refractivity (Wildman–Crippen MR) is 85.5 cm³/mol. The van der Waals surface area contributed by atoms with E-state index in [-0.39, 0.29) is 0 Å². The minimum atomic E-state index is 0.317. The third-order valence-corrected chi connectivity index (χ3v) is 4.31. The van der Waals surface area contributed by atoms with Crippen LogP contribution in [0.3, 0.4) is 0 Å². The summed E-state index contributed by atoms with van der Waals surface area (Å²) in [6.45, 7) is 8.05. The number of benzene rings is 1. The second-order valence-corrected chi connectivity index (χ2v) is 6.13. The van der Waals surface area contributed by atoms with E-state index >= 15 is 0 Å². The molecular weight excluding hydrogens is 270 g/mol. The average molecular weight is 296 g/mol. The highest BCUT2D eigenvalue weighted by atomic mass is 35.5. The van der Waals surface area contributed by atoms with Gasteiger partial charge in [0, 0.05) is 17.7 Å². The number of aryl methyl sites for hydroxylation is 1. The van der Waals surface area contributed by atoms with Crippen molar-refractivity contribution in [2.45, 2.75) is 52.2 Å². The van der Waals surface area contributed by atoms with E-state index in [2.05, 4.69) is 38.2 Å². The van der Waals surface area contributed by atoms with E-state index in [1.807, 2.05) is 6.07 Å². The van der Waals surface area contributed by atoms with Gasteiger partial charge in [0.25, 0.3) is 0 Å². The largest absolute Gasteiger partial charge is 0.377 e. The van der Waals surface area contributed by atoms with Gasteiger partial charge in [-0.3, -0.25) is 0 Å². The lowest BCUT2D eigenvalue weighted by molar-refractivity contribution is 0.0196. The first-order chi connectivity index (χ1) is 9.65. The minimum Gasteiger partial charge on any atom is -0.377 e. The van der Waals surface area contributed by atoms with Crippen LogP contribution in [-0.4, -0.2) is 25.3 Å². The van der Waals surface area contributed by atoms with Crippen LogP contribution < -0.4 is 5.32 Å². The van der Waals surface area contributed by atoms with Gasteiger partial charge in [0.05, 0.1) is 6.10 Å². The lowest BCUT2D eigenvalue weighted by atomic mass is 9.97. The van der Waals surface area contributed by atoms with Crippen molar-refractivity contribution in [2.75, 3.05) is 13.2 Å². The van der Waals surface area contributed by atoms with Crippen LogP contribution in [0.15, 0.2) is 18.2 Å². The summed E-state index contributed by atoms with van der Waals surface area (Å²) in [7, 11) is 0. The molecule has 0 aliphatic heterocycles. The van der Waals surface area contributed by atoms with Crippen LogP contribution in [0.5, 0.6) is 0 Å². The number of ether oxygens (including phenoxy) is 1. The molecule has 20 heavy (non-hydrogen) atoms. The Morgan fingerprint density at radius 1 is 1.35 bits per heavy atom. The quantitative estimate of drug-likeness (QED) is 0.783. The van der Waals surface area contributed by atoms with Gasteiger partial charge in [0.2, 0.25) is 0 Å². The zero-order valence-corrected chi connectivity index (χ0v) is 13.5. The van der Waals surface area contributed by atoms with E-state index in [0.717, 1.165) is 30.5 Å². The van der Waals surface area contributed by atoms with Gasteiger partial charge in [-0.2, -0.15) is 0 Å². The lowest BCUT2D eigenvalue weighted by Crippen LogP contribution is -2.44. The SMILES string of the molecule is CCNC(Cc1ccc(C)cc1Cl)C(OCC)C1CC1. The minimum absolute atomic E-state index is 0.317. The Labute approximate surface area is 127 Å². The summed E-state index contributed by atoms with van der Waals surface area (Å²) in [6.07, 6.45) is 3.86. The standard InChI is InChI=1S/C17H26ClNO/c1-4-19-16(17(20-5-2)13-8-9-13)11-14-7-6-12(3)10-15(14)18/h6-7,10,13,16-17,19H,4-5,8-9,11H2,1-3H3. The molecule has 1 N–H and O–H groups in total. The van der Waals surface area contributed by atoms with E-state index < -0.39 is 0 Å². The summed E-state index contributed by atoms with van der Waals surface area (Å²) in [5, 5.41) is 4.47. The third kappa shape index (κ3) is 4.21. The van der Waals surface area contributed by atoms with E-state index in [1.54, 1.807) is 0 Å². The first kappa shape index (κ1) is 15.8. The van der Waals surface area contributed by atoms with Crippen LogP contribution >= 0.6 is 11.6 Å². The van der Waals surface area contributed by atoms with Crippen molar-refractivity contribution >= 4 is 11.6 Å². The average Bonchev–Trinajstić information content (AvgIpc) is 3.23. The van der Waals surface area contributed by atoms with Crippen LogP contribution in [-0.2, 0) is 11.2 Å². The monoisotopic (exact) mass is 295 g/mol. The van der Waals surface area contributed by atoms with Crippen LogP contribution in [0.25, 0.3) is 0 Å². The van der Waals surface area contributed by atoms with Gasteiger partial charge in [-0.05, 0) is 62.8 Å². The van der Waals surface area contributed by atoms with Gasteiger partial charge < -0.3 is 10.1 Å². The molecule has 0 spiro atoms. The molecule has 0 saturated heterocycles. The molecule has 2 rings (SSSR count). The Kier molecular flexibility index (Phi) is 5.88. The maximum atomic E-state index is 6.38. The number of nitrogens with one attached hydrogen (secondary N) is 1. The normalized spacial score (nSPS) is 18.0. The predicted octanol–water partition coefficient (Wildman–Crippen LogP) is 3.98. The molecule has 2 atom stereocenters. The molecule has 1 fully saturated rings. The van der Waals surface area contributed by atoms with Crippen molar-refractivity contribution in [1.29, 1.82) is 0 Å². The zero-order valence-electron chi connectivity index (χ0n) is 12.8. The Balaban J connectivity index is 2.10. The summed E-state index contributed by atoms with van der Waals surface area (Å²) < 4.78 is 6.01. The maximum Gasteiger partial charge on any atom is 0.0759 e. The fourth-order valence-corrected chi connectivity index (χ4v) is 3.13.